The molecule has 2 rings (SSSR count). The highest BCUT2D eigenvalue weighted by Gasteiger charge is 2.45. The molecule has 0 bridgehead atoms. The van der Waals surface area contributed by atoms with Crippen molar-refractivity contribution in [1.29, 1.82) is 0 Å². The quantitative estimate of drug-likeness (QED) is 0.690. The molecule has 0 aliphatic carbocycles. The van der Waals surface area contributed by atoms with Crippen molar-refractivity contribution in [2.75, 3.05) is 20.1 Å². The Morgan fingerprint density at radius 2 is 1.70 bits per heavy atom. The Balaban J connectivity index is 2.21. The zero-order valence-electron chi connectivity index (χ0n) is 14.2. The molecule has 128 valence electrons. The van der Waals surface area contributed by atoms with Crippen LogP contribution in [0.5, 0.6) is 0 Å². The van der Waals surface area contributed by atoms with E-state index in [0.717, 1.165) is 37.1 Å². The van der Waals surface area contributed by atoms with Crippen LogP contribution in [-0.4, -0.2) is 31.2 Å². The molecule has 1 aromatic rings. The van der Waals surface area contributed by atoms with Crippen LogP contribution in [0.1, 0.15) is 36.8 Å². The van der Waals surface area contributed by atoms with E-state index in [1.165, 1.54) is 0 Å². The van der Waals surface area contributed by atoms with Crippen molar-refractivity contribution in [2.45, 2.75) is 38.8 Å². The second kappa shape index (κ2) is 7.08. The lowest BCUT2D eigenvalue weighted by molar-refractivity contribution is -0.158. The number of alkyl halides is 3. The molecular formula is C19H26F3N. The largest absolute Gasteiger partial charge is 0.396 e. The van der Waals surface area contributed by atoms with E-state index in [1.807, 2.05) is 14.0 Å². The average molecular weight is 325 g/mol. The molecule has 1 unspecified atom stereocenters. The summed E-state index contributed by atoms with van der Waals surface area (Å²) in [6, 6.07) is 6.70. The fourth-order valence-corrected chi connectivity index (χ4v) is 3.50. The first-order valence-corrected chi connectivity index (χ1v) is 8.20. The molecule has 1 fully saturated rings. The molecule has 0 aromatic heterocycles. The maximum absolute atomic E-state index is 13.7. The second-order valence-corrected chi connectivity index (χ2v) is 6.87. The van der Waals surface area contributed by atoms with E-state index in [4.69, 9.17) is 0 Å². The minimum absolute atomic E-state index is 0.191. The summed E-state index contributed by atoms with van der Waals surface area (Å²) in [5, 5.41) is 0. The van der Waals surface area contributed by atoms with Crippen molar-refractivity contribution >= 4 is 0 Å². The van der Waals surface area contributed by atoms with Gasteiger partial charge in [-0.2, -0.15) is 13.2 Å². The fraction of sp³-hybridized carbons (Fsp3) is 0.579. The SMILES string of the molecule is C=C(C1CCN(C)CC1)C(C)[C@@H](c1ccc(C)cc1)C(F)(F)F. The van der Waals surface area contributed by atoms with Gasteiger partial charge in [0.2, 0.25) is 0 Å². The molecule has 0 spiro atoms. The summed E-state index contributed by atoms with van der Waals surface area (Å²) in [4.78, 5) is 2.22. The second-order valence-electron chi connectivity index (χ2n) is 6.87. The van der Waals surface area contributed by atoms with Crippen molar-refractivity contribution in [2.24, 2.45) is 11.8 Å². The molecule has 1 saturated heterocycles. The van der Waals surface area contributed by atoms with E-state index in [1.54, 1.807) is 31.2 Å². The molecule has 1 nitrogen and oxygen atoms in total. The van der Waals surface area contributed by atoms with Gasteiger partial charge in [0.1, 0.15) is 0 Å². The molecular weight excluding hydrogens is 299 g/mol. The van der Waals surface area contributed by atoms with Crippen LogP contribution in [0, 0.1) is 18.8 Å². The number of aryl methyl sites for hydroxylation is 1. The highest BCUT2D eigenvalue weighted by atomic mass is 19.4. The maximum Gasteiger partial charge on any atom is 0.396 e. The minimum Gasteiger partial charge on any atom is -0.306 e. The van der Waals surface area contributed by atoms with Gasteiger partial charge in [-0.15, -0.1) is 0 Å². The monoisotopic (exact) mass is 325 g/mol. The Hall–Kier alpha value is -1.29. The van der Waals surface area contributed by atoms with Crippen LogP contribution in [0.3, 0.4) is 0 Å². The van der Waals surface area contributed by atoms with Gasteiger partial charge in [0.25, 0.3) is 0 Å². The van der Waals surface area contributed by atoms with Crippen LogP contribution in [0.25, 0.3) is 0 Å². The molecule has 2 atom stereocenters. The van der Waals surface area contributed by atoms with Crippen molar-refractivity contribution in [3.8, 4) is 0 Å². The molecule has 1 aliphatic rings. The smallest absolute Gasteiger partial charge is 0.306 e. The molecule has 0 saturated carbocycles. The number of allylic oxidation sites excluding steroid dienone is 1. The van der Waals surface area contributed by atoms with E-state index in [-0.39, 0.29) is 5.92 Å². The first-order chi connectivity index (χ1) is 10.7. The molecule has 1 aliphatic heterocycles. The zero-order valence-corrected chi connectivity index (χ0v) is 14.2. The van der Waals surface area contributed by atoms with Gasteiger partial charge in [-0.3, -0.25) is 0 Å². The topological polar surface area (TPSA) is 3.24 Å². The molecule has 4 heteroatoms. The summed E-state index contributed by atoms with van der Waals surface area (Å²) >= 11 is 0. The molecule has 0 radical (unpaired) electrons. The highest BCUT2D eigenvalue weighted by molar-refractivity contribution is 5.28. The van der Waals surface area contributed by atoms with Gasteiger partial charge in [0, 0.05) is 0 Å². The van der Waals surface area contributed by atoms with E-state index < -0.39 is 18.0 Å². The summed E-state index contributed by atoms with van der Waals surface area (Å²) in [5.41, 5.74) is 2.06. The first-order valence-electron chi connectivity index (χ1n) is 8.20. The number of hydrogen-bond acceptors (Lipinski definition) is 1. The summed E-state index contributed by atoms with van der Waals surface area (Å²) in [6.07, 6.45) is -2.46. The summed E-state index contributed by atoms with van der Waals surface area (Å²) in [7, 11) is 2.05. The van der Waals surface area contributed by atoms with Crippen LogP contribution in [-0.2, 0) is 0 Å². The van der Waals surface area contributed by atoms with E-state index in [9.17, 15) is 13.2 Å². The molecule has 0 amide bonds. The van der Waals surface area contributed by atoms with Crippen LogP contribution < -0.4 is 0 Å². The Morgan fingerprint density at radius 3 is 2.17 bits per heavy atom. The number of nitrogens with zero attached hydrogens (tertiary/aromatic N) is 1. The molecule has 23 heavy (non-hydrogen) atoms. The number of piperidine rings is 1. The third kappa shape index (κ3) is 4.37. The predicted octanol–water partition coefficient (Wildman–Crippen LogP) is 5.18. The maximum atomic E-state index is 13.7. The summed E-state index contributed by atoms with van der Waals surface area (Å²) in [6.45, 7) is 9.48. The van der Waals surface area contributed by atoms with Crippen molar-refractivity contribution < 1.29 is 13.2 Å². The lowest BCUT2D eigenvalue weighted by Gasteiger charge is -2.35. The molecule has 0 N–H and O–H groups in total. The van der Waals surface area contributed by atoms with Crippen LogP contribution in [0.2, 0.25) is 0 Å². The normalized spacial score (nSPS) is 20.3. The van der Waals surface area contributed by atoms with E-state index >= 15 is 0 Å². The van der Waals surface area contributed by atoms with Gasteiger partial charge in [-0.1, -0.05) is 48.9 Å². The molecule has 1 aromatic carbocycles. The third-order valence-electron chi connectivity index (χ3n) is 5.12. The average Bonchev–Trinajstić information content (AvgIpc) is 2.48. The fourth-order valence-electron chi connectivity index (χ4n) is 3.50. The number of likely N-dealkylation sites (tertiary alicyclic amines) is 1. The summed E-state index contributed by atoms with van der Waals surface area (Å²) in [5.74, 6) is -1.89. The van der Waals surface area contributed by atoms with Gasteiger partial charge in [0.05, 0.1) is 5.92 Å². The minimum atomic E-state index is -4.26. The Labute approximate surface area is 137 Å². The van der Waals surface area contributed by atoms with Crippen molar-refractivity contribution in [1.82, 2.24) is 4.90 Å². The van der Waals surface area contributed by atoms with Crippen LogP contribution in [0.4, 0.5) is 13.2 Å². The van der Waals surface area contributed by atoms with Gasteiger partial charge >= 0.3 is 6.18 Å². The standard InChI is InChI=1S/C19H26F3N/c1-13-5-7-17(8-6-13)18(19(20,21)22)15(3)14(2)16-9-11-23(4)12-10-16/h5-8,15-16,18H,2,9-12H2,1,3-4H3/t15?,18-/m0/s1. The lowest BCUT2D eigenvalue weighted by atomic mass is 9.75. The zero-order chi connectivity index (χ0) is 17.2. The van der Waals surface area contributed by atoms with Gasteiger partial charge in [-0.25, -0.2) is 0 Å². The van der Waals surface area contributed by atoms with Crippen molar-refractivity contribution in [3.05, 3.63) is 47.5 Å². The van der Waals surface area contributed by atoms with Gasteiger partial charge in [-0.05, 0) is 57.3 Å². The van der Waals surface area contributed by atoms with E-state index in [2.05, 4.69) is 11.5 Å². The predicted molar refractivity (Wildman–Crippen MR) is 88.5 cm³/mol. The Kier molecular flexibility index (Phi) is 5.56. The highest BCUT2D eigenvalue weighted by Crippen LogP contribution is 2.45. The van der Waals surface area contributed by atoms with E-state index in [0.29, 0.717) is 5.56 Å². The Morgan fingerprint density at radius 1 is 1.17 bits per heavy atom. The summed E-state index contributed by atoms with van der Waals surface area (Å²) < 4.78 is 41.1. The number of rotatable bonds is 4. The lowest BCUT2D eigenvalue weighted by Crippen LogP contribution is -2.34. The molecule has 1 heterocycles. The van der Waals surface area contributed by atoms with Crippen molar-refractivity contribution in [3.63, 3.8) is 0 Å². The number of benzene rings is 1. The number of hydrogen-bond donors (Lipinski definition) is 0. The van der Waals surface area contributed by atoms with Crippen LogP contribution in [0.15, 0.2) is 36.4 Å². The van der Waals surface area contributed by atoms with Gasteiger partial charge in [0.15, 0.2) is 0 Å². The third-order valence-corrected chi connectivity index (χ3v) is 5.12. The number of halogens is 3. The van der Waals surface area contributed by atoms with Gasteiger partial charge < -0.3 is 4.90 Å². The Bertz CT molecular complexity index is 525. The van der Waals surface area contributed by atoms with Crippen LogP contribution >= 0.6 is 0 Å². The first kappa shape index (κ1) is 18.1.